The lowest BCUT2D eigenvalue weighted by Gasteiger charge is -2.21. The highest BCUT2D eigenvalue weighted by molar-refractivity contribution is 5.79. The average Bonchev–Trinajstić information content (AvgIpc) is 2.94. The first-order chi connectivity index (χ1) is 11.1. The Kier molecular flexibility index (Phi) is 10.3. The van der Waals surface area contributed by atoms with Crippen LogP contribution in [-0.2, 0) is 4.74 Å². The summed E-state index contributed by atoms with van der Waals surface area (Å²) in [5.74, 6) is 0.928. The van der Waals surface area contributed by atoms with Gasteiger partial charge in [0, 0.05) is 19.7 Å². The number of hydrogen-bond acceptors (Lipinski definition) is 3. The third-order valence-electron chi connectivity index (χ3n) is 4.29. The summed E-state index contributed by atoms with van der Waals surface area (Å²) in [6, 6.07) is 0. The van der Waals surface area contributed by atoms with E-state index in [1.54, 1.807) is 0 Å². The highest BCUT2D eigenvalue weighted by atomic mass is 16.5. The van der Waals surface area contributed by atoms with E-state index in [4.69, 9.17) is 9.73 Å². The van der Waals surface area contributed by atoms with Gasteiger partial charge in [0.15, 0.2) is 5.96 Å². The number of unbranched alkanes of at least 4 members (excludes halogenated alkanes) is 4. The predicted molar refractivity (Wildman–Crippen MR) is 99.2 cm³/mol. The predicted octanol–water partition coefficient (Wildman–Crippen LogP) is 2.62. The van der Waals surface area contributed by atoms with Crippen LogP contribution in [0.3, 0.4) is 0 Å². The molecule has 5 heteroatoms. The average molecular weight is 327 g/mol. The van der Waals surface area contributed by atoms with E-state index in [1.807, 2.05) is 0 Å². The number of hydrogen-bond donors (Lipinski definition) is 2. The van der Waals surface area contributed by atoms with Gasteiger partial charge in [0.25, 0.3) is 0 Å². The van der Waals surface area contributed by atoms with Crippen molar-refractivity contribution in [3.63, 3.8) is 0 Å². The van der Waals surface area contributed by atoms with Crippen molar-refractivity contribution in [2.45, 2.75) is 64.4 Å². The van der Waals surface area contributed by atoms with Crippen LogP contribution in [0.2, 0.25) is 0 Å². The Morgan fingerprint density at radius 1 is 1.13 bits per heavy atom. The highest BCUT2D eigenvalue weighted by Crippen LogP contribution is 2.24. The van der Waals surface area contributed by atoms with E-state index < -0.39 is 0 Å². The first-order valence-corrected chi connectivity index (χ1v) is 9.36. The standard InChI is InChI=1S/C18H38N4O/c1-5-19-17(21-16-18(2)12-11-15-23-18)20-13-9-7-6-8-10-14-22(3)4/h5-16H2,1-4H3,(H2,19,20,21). The van der Waals surface area contributed by atoms with Gasteiger partial charge in [-0.25, -0.2) is 0 Å². The lowest BCUT2D eigenvalue weighted by atomic mass is 10.0. The number of ether oxygens (including phenoxy) is 1. The summed E-state index contributed by atoms with van der Waals surface area (Å²) in [5, 5.41) is 6.77. The normalized spacial score (nSPS) is 21.9. The lowest BCUT2D eigenvalue weighted by molar-refractivity contribution is 0.0283. The van der Waals surface area contributed by atoms with Crippen LogP contribution in [0, 0.1) is 0 Å². The second-order valence-corrected chi connectivity index (χ2v) is 7.09. The number of rotatable bonds is 11. The molecule has 0 spiro atoms. The van der Waals surface area contributed by atoms with Crippen molar-refractivity contribution in [3.8, 4) is 0 Å². The first kappa shape index (κ1) is 20.2. The maximum atomic E-state index is 5.80. The Morgan fingerprint density at radius 3 is 2.52 bits per heavy atom. The molecule has 1 unspecified atom stereocenters. The van der Waals surface area contributed by atoms with Gasteiger partial charge in [0.1, 0.15) is 0 Å². The summed E-state index contributed by atoms with van der Waals surface area (Å²) in [7, 11) is 4.28. The molecule has 0 saturated carbocycles. The van der Waals surface area contributed by atoms with Crippen molar-refractivity contribution < 1.29 is 4.74 Å². The van der Waals surface area contributed by atoms with Crippen molar-refractivity contribution in [2.75, 3.05) is 46.9 Å². The molecule has 23 heavy (non-hydrogen) atoms. The zero-order valence-electron chi connectivity index (χ0n) is 15.8. The largest absolute Gasteiger partial charge is 0.373 e. The van der Waals surface area contributed by atoms with E-state index in [2.05, 4.69) is 43.5 Å². The first-order valence-electron chi connectivity index (χ1n) is 9.36. The SMILES string of the molecule is CCNC(=NCC1(C)CCCO1)NCCCCCCCN(C)C. The van der Waals surface area contributed by atoms with E-state index in [0.29, 0.717) is 0 Å². The van der Waals surface area contributed by atoms with Crippen LogP contribution in [-0.4, -0.2) is 63.3 Å². The van der Waals surface area contributed by atoms with Crippen LogP contribution < -0.4 is 10.6 Å². The number of nitrogens with zero attached hydrogens (tertiary/aromatic N) is 2. The van der Waals surface area contributed by atoms with Crippen molar-refractivity contribution in [3.05, 3.63) is 0 Å². The second kappa shape index (κ2) is 11.7. The zero-order chi connectivity index (χ0) is 17.0. The quantitative estimate of drug-likeness (QED) is 0.348. The molecule has 0 bridgehead atoms. The highest BCUT2D eigenvalue weighted by Gasteiger charge is 2.29. The molecule has 0 aromatic rings. The van der Waals surface area contributed by atoms with Gasteiger partial charge in [0.2, 0.25) is 0 Å². The van der Waals surface area contributed by atoms with Crippen LogP contribution in [0.5, 0.6) is 0 Å². The van der Waals surface area contributed by atoms with Gasteiger partial charge >= 0.3 is 0 Å². The summed E-state index contributed by atoms with van der Waals surface area (Å²) in [5.41, 5.74) is -0.0607. The molecule has 0 aliphatic carbocycles. The summed E-state index contributed by atoms with van der Waals surface area (Å²) in [6.45, 7) is 8.99. The van der Waals surface area contributed by atoms with Crippen molar-refractivity contribution in [1.29, 1.82) is 0 Å². The summed E-state index contributed by atoms with van der Waals surface area (Å²) in [4.78, 5) is 6.96. The molecule has 136 valence electrons. The molecule has 0 radical (unpaired) electrons. The van der Waals surface area contributed by atoms with Crippen LogP contribution in [0.4, 0.5) is 0 Å². The molecule has 0 aromatic heterocycles. The van der Waals surface area contributed by atoms with E-state index in [1.165, 1.54) is 38.6 Å². The maximum Gasteiger partial charge on any atom is 0.191 e. The Bertz CT molecular complexity index is 325. The minimum absolute atomic E-state index is 0.0607. The molecule has 1 rings (SSSR count). The molecule has 2 N–H and O–H groups in total. The lowest BCUT2D eigenvalue weighted by Crippen LogP contribution is -2.39. The van der Waals surface area contributed by atoms with E-state index in [0.717, 1.165) is 45.0 Å². The fraction of sp³-hybridized carbons (Fsp3) is 0.944. The van der Waals surface area contributed by atoms with Crippen LogP contribution in [0.15, 0.2) is 4.99 Å². The molecule has 1 heterocycles. The summed E-state index contributed by atoms with van der Waals surface area (Å²) < 4.78 is 5.80. The fourth-order valence-electron chi connectivity index (χ4n) is 2.84. The zero-order valence-corrected chi connectivity index (χ0v) is 15.8. The Morgan fingerprint density at radius 2 is 1.87 bits per heavy atom. The van der Waals surface area contributed by atoms with Gasteiger partial charge in [-0.1, -0.05) is 19.3 Å². The molecule has 0 aromatic carbocycles. The van der Waals surface area contributed by atoms with Crippen LogP contribution in [0.1, 0.15) is 58.8 Å². The van der Waals surface area contributed by atoms with Gasteiger partial charge in [-0.05, 0) is 60.2 Å². The Hall–Kier alpha value is -0.810. The number of nitrogens with one attached hydrogen (secondary N) is 2. The van der Waals surface area contributed by atoms with Crippen LogP contribution >= 0.6 is 0 Å². The molecule has 1 aliphatic rings. The number of guanidine groups is 1. The monoisotopic (exact) mass is 326 g/mol. The molecule has 1 aliphatic heterocycles. The van der Waals surface area contributed by atoms with Crippen molar-refractivity contribution >= 4 is 5.96 Å². The third-order valence-corrected chi connectivity index (χ3v) is 4.29. The smallest absolute Gasteiger partial charge is 0.191 e. The van der Waals surface area contributed by atoms with E-state index in [-0.39, 0.29) is 5.60 Å². The number of aliphatic imine (C=N–C) groups is 1. The maximum absolute atomic E-state index is 5.80. The van der Waals surface area contributed by atoms with Gasteiger partial charge in [-0.2, -0.15) is 0 Å². The van der Waals surface area contributed by atoms with Gasteiger partial charge in [0.05, 0.1) is 12.1 Å². The molecule has 0 amide bonds. The molecular weight excluding hydrogens is 288 g/mol. The third kappa shape index (κ3) is 9.82. The Labute approximate surface area is 143 Å². The van der Waals surface area contributed by atoms with Gasteiger partial charge < -0.3 is 20.3 Å². The molecule has 1 saturated heterocycles. The minimum Gasteiger partial charge on any atom is -0.373 e. The molecule has 5 nitrogen and oxygen atoms in total. The van der Waals surface area contributed by atoms with Crippen molar-refractivity contribution in [1.82, 2.24) is 15.5 Å². The molecule has 1 fully saturated rings. The van der Waals surface area contributed by atoms with E-state index >= 15 is 0 Å². The Balaban J connectivity index is 2.13. The second-order valence-electron chi connectivity index (χ2n) is 7.09. The minimum atomic E-state index is -0.0607. The van der Waals surface area contributed by atoms with E-state index in [9.17, 15) is 0 Å². The molecule has 1 atom stereocenters. The summed E-state index contributed by atoms with van der Waals surface area (Å²) >= 11 is 0. The van der Waals surface area contributed by atoms with Crippen molar-refractivity contribution in [2.24, 2.45) is 4.99 Å². The molecular formula is C18H38N4O. The van der Waals surface area contributed by atoms with Crippen LogP contribution in [0.25, 0.3) is 0 Å². The fourth-order valence-corrected chi connectivity index (χ4v) is 2.84. The summed E-state index contributed by atoms with van der Waals surface area (Å²) in [6.07, 6.45) is 8.74. The van der Waals surface area contributed by atoms with Gasteiger partial charge in [-0.15, -0.1) is 0 Å². The topological polar surface area (TPSA) is 48.9 Å². The van der Waals surface area contributed by atoms with Gasteiger partial charge in [-0.3, -0.25) is 4.99 Å².